The summed E-state index contributed by atoms with van der Waals surface area (Å²) in [5.41, 5.74) is 0.252. The summed E-state index contributed by atoms with van der Waals surface area (Å²) < 4.78 is 6.38. The van der Waals surface area contributed by atoms with E-state index in [0.717, 1.165) is 26.6 Å². The maximum absolute atomic E-state index is 12.2. The minimum atomic E-state index is -0.643. The molecular formula is C22H19NO5S. The van der Waals surface area contributed by atoms with Crippen LogP contribution in [0.15, 0.2) is 71.6 Å². The predicted octanol–water partition coefficient (Wildman–Crippen LogP) is 4.59. The first-order valence-electron chi connectivity index (χ1n) is 9.16. The first-order valence-corrected chi connectivity index (χ1v) is 10.0. The van der Waals surface area contributed by atoms with Gasteiger partial charge >= 0.3 is 11.9 Å². The maximum atomic E-state index is 12.2. The topological polar surface area (TPSA) is 65.1 Å². The first kappa shape index (κ1) is 19.2. The monoisotopic (exact) mass is 409 g/mol. The normalized spacial score (nSPS) is 16.0. The standard InChI is InChI=1S/C22H19NO5S/c1-23-27-21(24)14-16(22(25)28-23)11-12-19(20-10-5-13-29-20)26-18-9-4-7-15-6-2-3-8-17(15)18/h2-10,13-14,19H,11-12H2,1H3. The molecule has 148 valence electrons. The summed E-state index contributed by atoms with van der Waals surface area (Å²) in [6.45, 7) is 0. The highest BCUT2D eigenvalue weighted by Gasteiger charge is 2.25. The number of hydrogen-bond donors (Lipinski definition) is 0. The zero-order valence-electron chi connectivity index (χ0n) is 15.7. The van der Waals surface area contributed by atoms with E-state index >= 15 is 0 Å². The van der Waals surface area contributed by atoms with E-state index in [1.54, 1.807) is 11.3 Å². The Morgan fingerprint density at radius 3 is 2.69 bits per heavy atom. The lowest BCUT2D eigenvalue weighted by molar-refractivity contribution is -0.304. The number of hydroxylamine groups is 2. The van der Waals surface area contributed by atoms with Crippen LogP contribution in [0.5, 0.6) is 5.75 Å². The molecule has 0 saturated carbocycles. The van der Waals surface area contributed by atoms with Gasteiger partial charge in [0.1, 0.15) is 11.9 Å². The summed E-state index contributed by atoms with van der Waals surface area (Å²) >= 11 is 1.59. The highest BCUT2D eigenvalue weighted by atomic mass is 32.1. The molecule has 0 bridgehead atoms. The van der Waals surface area contributed by atoms with Crippen molar-refractivity contribution in [3.63, 3.8) is 0 Å². The number of carbonyl (C=O) groups is 2. The molecule has 0 spiro atoms. The maximum Gasteiger partial charge on any atom is 0.356 e. The van der Waals surface area contributed by atoms with E-state index in [1.807, 2.05) is 60.0 Å². The van der Waals surface area contributed by atoms with Crippen molar-refractivity contribution in [1.82, 2.24) is 5.23 Å². The Morgan fingerprint density at radius 1 is 1.03 bits per heavy atom. The highest BCUT2D eigenvalue weighted by Crippen LogP contribution is 2.34. The lowest BCUT2D eigenvalue weighted by Gasteiger charge is -2.19. The van der Waals surface area contributed by atoms with Gasteiger partial charge in [0.05, 0.1) is 7.05 Å². The number of fused-ring (bicyclic) bond motifs is 1. The Morgan fingerprint density at radius 2 is 1.86 bits per heavy atom. The van der Waals surface area contributed by atoms with E-state index in [2.05, 4.69) is 0 Å². The van der Waals surface area contributed by atoms with Crippen LogP contribution < -0.4 is 4.74 Å². The zero-order valence-corrected chi connectivity index (χ0v) is 16.6. The molecule has 0 amide bonds. The summed E-state index contributed by atoms with van der Waals surface area (Å²) in [5.74, 6) is -0.470. The molecule has 1 unspecified atom stereocenters. The minimum Gasteiger partial charge on any atom is -0.484 e. The Balaban J connectivity index is 1.57. The molecule has 1 aliphatic rings. The molecule has 1 aliphatic heterocycles. The molecule has 6 nitrogen and oxygen atoms in total. The number of benzene rings is 2. The van der Waals surface area contributed by atoms with E-state index in [4.69, 9.17) is 14.4 Å². The van der Waals surface area contributed by atoms with Crippen molar-refractivity contribution < 1.29 is 24.0 Å². The predicted molar refractivity (Wildman–Crippen MR) is 109 cm³/mol. The lowest BCUT2D eigenvalue weighted by Crippen LogP contribution is -2.23. The fourth-order valence-corrected chi connectivity index (χ4v) is 3.98. The van der Waals surface area contributed by atoms with Crippen molar-refractivity contribution in [1.29, 1.82) is 0 Å². The van der Waals surface area contributed by atoms with Crippen LogP contribution in [0.4, 0.5) is 0 Å². The van der Waals surface area contributed by atoms with Gasteiger partial charge in [-0.2, -0.15) is 0 Å². The number of nitrogens with zero attached hydrogens (tertiary/aromatic N) is 1. The summed E-state index contributed by atoms with van der Waals surface area (Å²) in [5, 5.41) is 4.86. The Hall–Kier alpha value is -3.16. The number of thiophene rings is 1. The second-order valence-electron chi connectivity index (χ2n) is 6.54. The minimum absolute atomic E-state index is 0.252. The first-order chi connectivity index (χ1) is 14.1. The van der Waals surface area contributed by atoms with E-state index in [0.29, 0.717) is 12.8 Å². The van der Waals surface area contributed by atoms with Crippen LogP contribution in [0, 0.1) is 0 Å². The van der Waals surface area contributed by atoms with E-state index < -0.39 is 11.9 Å². The largest absolute Gasteiger partial charge is 0.484 e. The highest BCUT2D eigenvalue weighted by molar-refractivity contribution is 7.10. The van der Waals surface area contributed by atoms with E-state index in [9.17, 15) is 9.59 Å². The van der Waals surface area contributed by atoms with Crippen LogP contribution in [0.25, 0.3) is 10.8 Å². The van der Waals surface area contributed by atoms with Crippen LogP contribution in [0.2, 0.25) is 0 Å². The molecule has 1 aromatic heterocycles. The average molecular weight is 409 g/mol. The van der Waals surface area contributed by atoms with Crippen LogP contribution in [0.3, 0.4) is 0 Å². The van der Waals surface area contributed by atoms with Crippen molar-refractivity contribution >= 4 is 34.0 Å². The Kier molecular flexibility index (Phi) is 5.59. The summed E-state index contributed by atoms with van der Waals surface area (Å²) in [4.78, 5) is 34.7. The molecular weight excluding hydrogens is 390 g/mol. The summed E-state index contributed by atoms with van der Waals surface area (Å²) in [7, 11) is 1.35. The molecule has 0 saturated heterocycles. The number of carbonyl (C=O) groups excluding carboxylic acids is 2. The smallest absolute Gasteiger partial charge is 0.356 e. The molecule has 2 aromatic carbocycles. The summed E-state index contributed by atoms with van der Waals surface area (Å²) in [6.07, 6.45) is 1.72. The summed E-state index contributed by atoms with van der Waals surface area (Å²) in [6, 6.07) is 17.9. The number of hydrogen-bond acceptors (Lipinski definition) is 7. The van der Waals surface area contributed by atoms with E-state index in [1.165, 1.54) is 13.1 Å². The number of ether oxygens (including phenoxy) is 1. The van der Waals surface area contributed by atoms with E-state index in [-0.39, 0.29) is 11.7 Å². The van der Waals surface area contributed by atoms with Crippen LogP contribution >= 0.6 is 11.3 Å². The van der Waals surface area contributed by atoms with Gasteiger partial charge in [-0.3, -0.25) is 0 Å². The second kappa shape index (κ2) is 8.46. The lowest BCUT2D eigenvalue weighted by atomic mass is 10.0. The molecule has 7 heteroatoms. The third-order valence-electron chi connectivity index (χ3n) is 4.54. The van der Waals surface area contributed by atoms with Gasteiger partial charge < -0.3 is 14.4 Å². The molecule has 29 heavy (non-hydrogen) atoms. The quantitative estimate of drug-likeness (QED) is 0.593. The fraction of sp³-hybridized carbons (Fsp3) is 0.182. The third-order valence-corrected chi connectivity index (χ3v) is 5.50. The SMILES string of the molecule is CN1OC(=O)C=C(CCC(Oc2cccc3ccccc23)c2cccs2)C(=O)O1. The molecule has 0 radical (unpaired) electrons. The van der Waals surface area contributed by atoms with Gasteiger partial charge in [0.2, 0.25) is 0 Å². The third kappa shape index (κ3) is 4.47. The van der Waals surface area contributed by atoms with Crippen LogP contribution in [-0.2, 0) is 19.3 Å². The van der Waals surface area contributed by atoms with Gasteiger partial charge in [0, 0.05) is 27.1 Å². The number of rotatable bonds is 6. The van der Waals surface area contributed by atoms with Crippen molar-refractivity contribution in [3.8, 4) is 5.75 Å². The average Bonchev–Trinajstić information content (AvgIpc) is 3.20. The van der Waals surface area contributed by atoms with Crippen molar-refractivity contribution in [2.45, 2.75) is 18.9 Å². The van der Waals surface area contributed by atoms with Gasteiger partial charge in [-0.15, -0.1) is 11.3 Å². The van der Waals surface area contributed by atoms with Gasteiger partial charge in [-0.25, -0.2) is 9.59 Å². The molecule has 4 rings (SSSR count). The Labute approximate surface area is 171 Å². The van der Waals surface area contributed by atoms with Gasteiger partial charge in [-0.1, -0.05) is 42.5 Å². The zero-order chi connectivity index (χ0) is 20.2. The van der Waals surface area contributed by atoms with Crippen LogP contribution in [0.1, 0.15) is 23.8 Å². The molecule has 2 heterocycles. The second-order valence-corrected chi connectivity index (χ2v) is 7.52. The van der Waals surface area contributed by atoms with Gasteiger partial charge in [0.15, 0.2) is 0 Å². The molecule has 0 N–H and O–H groups in total. The fourth-order valence-electron chi connectivity index (χ4n) is 3.19. The Bertz CT molecular complexity index is 1050. The van der Waals surface area contributed by atoms with Crippen molar-refractivity contribution in [2.24, 2.45) is 0 Å². The van der Waals surface area contributed by atoms with Crippen molar-refractivity contribution in [3.05, 3.63) is 76.5 Å². The van der Waals surface area contributed by atoms with Crippen LogP contribution in [-0.4, -0.2) is 24.2 Å². The molecule has 0 aliphatic carbocycles. The van der Waals surface area contributed by atoms with Gasteiger partial charge in [0.25, 0.3) is 0 Å². The molecule has 1 atom stereocenters. The van der Waals surface area contributed by atoms with Crippen molar-refractivity contribution in [2.75, 3.05) is 7.05 Å². The van der Waals surface area contributed by atoms with Gasteiger partial charge in [-0.05, 0) is 35.7 Å². The molecule has 3 aromatic rings. The molecule has 0 fully saturated rings.